The molecule has 14 heteroatoms. The Morgan fingerprint density at radius 1 is 1.10 bits per heavy atom. The highest BCUT2D eigenvalue weighted by molar-refractivity contribution is 7.91. The lowest BCUT2D eigenvalue weighted by Crippen LogP contribution is -2.57. The number of benzene rings is 1. The van der Waals surface area contributed by atoms with Crippen LogP contribution >= 0.6 is 0 Å². The van der Waals surface area contributed by atoms with E-state index in [1.54, 1.807) is 24.3 Å². The van der Waals surface area contributed by atoms with Crippen LogP contribution < -0.4 is 25.4 Å². The van der Waals surface area contributed by atoms with E-state index >= 15 is 0 Å². The van der Waals surface area contributed by atoms with E-state index in [1.807, 2.05) is 31.1 Å². The van der Waals surface area contributed by atoms with Crippen molar-refractivity contribution in [3.8, 4) is 0 Å². The van der Waals surface area contributed by atoms with Crippen molar-refractivity contribution in [1.29, 1.82) is 0 Å². The molecular formula is C27H38N6O7S. The molecule has 0 spiro atoms. The maximum Gasteiger partial charge on any atom is 0.405 e. The number of rotatable bonds is 6. The molecule has 2 aliphatic heterocycles. The zero-order chi connectivity index (χ0) is 29.8. The van der Waals surface area contributed by atoms with Crippen LogP contribution in [0.25, 0.3) is 0 Å². The summed E-state index contributed by atoms with van der Waals surface area (Å²) in [5, 5.41) is 2.76. The first-order chi connectivity index (χ1) is 19.4. The lowest BCUT2D eigenvalue weighted by Gasteiger charge is -2.29. The maximum atomic E-state index is 13.5. The van der Waals surface area contributed by atoms with Crippen LogP contribution in [0.5, 0.6) is 0 Å². The van der Waals surface area contributed by atoms with Gasteiger partial charge in [-0.25, -0.2) is 9.52 Å². The first kappa shape index (κ1) is 30.2. The van der Waals surface area contributed by atoms with Crippen LogP contribution in [0, 0.1) is 5.92 Å². The number of nitrogens with zero attached hydrogens (tertiary/aromatic N) is 2. The molecule has 1 aliphatic carbocycles. The van der Waals surface area contributed by atoms with Gasteiger partial charge in [-0.1, -0.05) is 18.6 Å². The van der Waals surface area contributed by atoms with Crippen molar-refractivity contribution in [3.05, 3.63) is 36.4 Å². The molecule has 1 saturated carbocycles. The van der Waals surface area contributed by atoms with E-state index in [9.17, 15) is 27.6 Å². The van der Waals surface area contributed by atoms with Gasteiger partial charge < -0.3 is 25.6 Å². The Kier molecular flexibility index (Phi) is 9.10. The first-order valence-electron chi connectivity index (χ1n) is 13.8. The van der Waals surface area contributed by atoms with Crippen molar-refractivity contribution in [2.75, 3.05) is 30.3 Å². The van der Waals surface area contributed by atoms with Gasteiger partial charge in [-0.15, -0.1) is 0 Å². The average Bonchev–Trinajstić information content (AvgIpc) is 3.36. The van der Waals surface area contributed by atoms with Crippen molar-refractivity contribution in [3.63, 3.8) is 0 Å². The summed E-state index contributed by atoms with van der Waals surface area (Å²) < 4.78 is 35.3. The molecule has 0 radical (unpaired) electrons. The molecule has 1 saturated heterocycles. The summed E-state index contributed by atoms with van der Waals surface area (Å²) in [4.78, 5) is 54.9. The maximum absolute atomic E-state index is 13.5. The number of fused-ring (bicyclic) bond motifs is 2. The summed E-state index contributed by atoms with van der Waals surface area (Å²) in [5.74, 6) is -2.36. The third kappa shape index (κ3) is 7.29. The van der Waals surface area contributed by atoms with E-state index in [1.165, 1.54) is 4.90 Å². The molecule has 4 atom stereocenters. The second kappa shape index (κ2) is 12.4. The molecule has 0 bridgehead atoms. The predicted octanol–water partition coefficient (Wildman–Crippen LogP) is 1.38. The second-order valence-electron chi connectivity index (χ2n) is 10.9. The van der Waals surface area contributed by atoms with E-state index < -0.39 is 57.6 Å². The monoisotopic (exact) mass is 590 g/mol. The van der Waals surface area contributed by atoms with E-state index in [0.717, 1.165) is 18.5 Å². The molecule has 2 fully saturated rings. The predicted molar refractivity (Wildman–Crippen MR) is 152 cm³/mol. The third-order valence-corrected chi connectivity index (χ3v) is 8.67. The van der Waals surface area contributed by atoms with Crippen molar-refractivity contribution in [2.45, 2.75) is 69.1 Å². The van der Waals surface area contributed by atoms with E-state index in [-0.39, 0.29) is 25.1 Å². The summed E-state index contributed by atoms with van der Waals surface area (Å²) in [6, 6.07) is 5.72. The van der Waals surface area contributed by atoms with Gasteiger partial charge >= 0.3 is 16.3 Å². The van der Waals surface area contributed by atoms with Crippen LogP contribution in [-0.2, 0) is 29.3 Å². The number of carbonyl (C=O) groups excluding carboxylic acids is 4. The van der Waals surface area contributed by atoms with Gasteiger partial charge in [-0.2, -0.15) is 8.42 Å². The summed E-state index contributed by atoms with van der Waals surface area (Å²) in [7, 11) is -0.607. The molecule has 13 nitrogen and oxygen atoms in total. The molecule has 0 aromatic heterocycles. The molecule has 4 amide bonds. The molecule has 2 heterocycles. The van der Waals surface area contributed by atoms with Gasteiger partial charge in [0.1, 0.15) is 11.6 Å². The number of nitrogens with one attached hydrogen (secondary N) is 3. The second-order valence-corrected chi connectivity index (χ2v) is 12.3. The van der Waals surface area contributed by atoms with Crippen molar-refractivity contribution in [2.24, 2.45) is 11.7 Å². The molecule has 1 aromatic rings. The first-order valence-corrected chi connectivity index (χ1v) is 15.3. The minimum Gasteiger partial charge on any atom is -0.436 e. The van der Waals surface area contributed by atoms with Gasteiger partial charge in [0.25, 0.3) is 11.8 Å². The van der Waals surface area contributed by atoms with Crippen LogP contribution in [-0.4, -0.2) is 75.5 Å². The standard InChI is InChI=1S/C27H38N6O7S/c1-32(2)20-14-12-19(13-15-20)30-41(38,39)31-25(36)27-17-18(27)9-6-4-3-5-7-11-22(40-26(28)37)24(35)33-16-8-10-21(33)23(34)29-27/h6,9,12-15,18,21-22,30H,3-5,7-8,10-11,16-17H2,1-2H3,(H2,28,37)(H,29,34)(H,31,36)/b9-6-. The van der Waals surface area contributed by atoms with Gasteiger partial charge in [0.2, 0.25) is 5.91 Å². The number of amides is 4. The minimum atomic E-state index is -4.32. The van der Waals surface area contributed by atoms with Crippen molar-refractivity contribution < 1.29 is 32.3 Å². The van der Waals surface area contributed by atoms with Crippen LogP contribution in [0.2, 0.25) is 0 Å². The Balaban J connectivity index is 1.53. The molecule has 4 unspecified atom stereocenters. The van der Waals surface area contributed by atoms with E-state index in [4.69, 9.17) is 10.5 Å². The Labute approximate surface area is 240 Å². The number of primary amides is 1. The molecule has 224 valence electrons. The van der Waals surface area contributed by atoms with Gasteiger partial charge in [0.05, 0.1) is 5.69 Å². The quantitative estimate of drug-likeness (QED) is 0.359. The Morgan fingerprint density at radius 3 is 2.51 bits per heavy atom. The largest absolute Gasteiger partial charge is 0.436 e. The smallest absolute Gasteiger partial charge is 0.405 e. The highest BCUT2D eigenvalue weighted by Gasteiger charge is 2.61. The van der Waals surface area contributed by atoms with Crippen LogP contribution in [0.1, 0.15) is 51.4 Å². The molecular weight excluding hydrogens is 552 g/mol. The highest BCUT2D eigenvalue weighted by Crippen LogP contribution is 2.45. The van der Waals surface area contributed by atoms with Crippen LogP contribution in [0.15, 0.2) is 36.4 Å². The molecule has 41 heavy (non-hydrogen) atoms. The fourth-order valence-electron chi connectivity index (χ4n) is 5.40. The topological polar surface area (TPSA) is 180 Å². The Bertz CT molecular complexity index is 1300. The molecule has 3 aliphatic rings. The Hall–Kier alpha value is -3.81. The number of carbonyl (C=O) groups is 4. The van der Waals surface area contributed by atoms with Crippen LogP contribution in [0.3, 0.4) is 0 Å². The SMILES string of the molecule is CN(C)c1ccc(NS(=O)(=O)NC(=O)C23CC2/C=C\CCCCCC(OC(N)=O)C(=O)N2CCCC2C(=O)N3)cc1. The van der Waals surface area contributed by atoms with Crippen molar-refractivity contribution in [1.82, 2.24) is 14.9 Å². The van der Waals surface area contributed by atoms with E-state index in [2.05, 4.69) is 14.8 Å². The normalized spacial score (nSPS) is 27.7. The van der Waals surface area contributed by atoms with Crippen LogP contribution in [0.4, 0.5) is 16.2 Å². The fourth-order valence-corrected chi connectivity index (χ4v) is 6.32. The number of allylic oxidation sites excluding steroid dienone is 1. The number of anilines is 2. The van der Waals surface area contributed by atoms with Gasteiger partial charge in [0, 0.05) is 32.2 Å². The van der Waals surface area contributed by atoms with E-state index in [0.29, 0.717) is 25.7 Å². The number of nitrogens with two attached hydrogens (primary N) is 1. The zero-order valence-electron chi connectivity index (χ0n) is 23.3. The van der Waals surface area contributed by atoms with Gasteiger partial charge in [0.15, 0.2) is 6.10 Å². The summed E-state index contributed by atoms with van der Waals surface area (Å²) in [6.45, 7) is 0.281. The fraction of sp³-hybridized carbons (Fsp3) is 0.556. The lowest BCUT2D eigenvalue weighted by atomic mass is 10.1. The molecule has 1 aromatic carbocycles. The highest BCUT2D eigenvalue weighted by atomic mass is 32.2. The van der Waals surface area contributed by atoms with Gasteiger partial charge in [-0.3, -0.25) is 19.1 Å². The summed E-state index contributed by atoms with van der Waals surface area (Å²) in [6.07, 6.45) is 5.84. The molecule has 5 N–H and O–H groups in total. The number of ether oxygens (including phenoxy) is 1. The molecule has 4 rings (SSSR count). The average molecular weight is 591 g/mol. The van der Waals surface area contributed by atoms with Crippen molar-refractivity contribution >= 4 is 45.4 Å². The summed E-state index contributed by atoms with van der Waals surface area (Å²) >= 11 is 0. The summed E-state index contributed by atoms with van der Waals surface area (Å²) in [5.41, 5.74) is 4.85. The lowest BCUT2D eigenvalue weighted by molar-refractivity contribution is -0.146. The van der Waals surface area contributed by atoms with Gasteiger partial charge in [-0.05, 0) is 69.2 Å². The zero-order valence-corrected chi connectivity index (χ0v) is 24.1. The Morgan fingerprint density at radius 2 is 1.83 bits per heavy atom. The third-order valence-electron chi connectivity index (χ3n) is 7.71. The number of hydrogen-bond acceptors (Lipinski definition) is 8. The number of hydrogen-bond donors (Lipinski definition) is 4. The minimum absolute atomic E-state index is 0.211.